The molecule has 15 heavy (non-hydrogen) atoms. The van der Waals surface area contributed by atoms with Crippen molar-refractivity contribution in [2.24, 2.45) is 5.11 Å². The van der Waals surface area contributed by atoms with Crippen LogP contribution in [0, 0.1) is 0 Å². The first-order valence-electron chi connectivity index (χ1n) is 4.40. The summed E-state index contributed by atoms with van der Waals surface area (Å²) < 4.78 is 10.5. The highest BCUT2D eigenvalue weighted by Gasteiger charge is 2.08. The van der Waals surface area contributed by atoms with E-state index in [1.54, 1.807) is 13.4 Å². The maximum atomic E-state index is 8.24. The van der Waals surface area contributed by atoms with Gasteiger partial charge in [-0.05, 0) is 11.6 Å². The molecule has 0 unspecified atom stereocenters. The van der Waals surface area contributed by atoms with E-state index in [0.717, 1.165) is 10.9 Å². The van der Waals surface area contributed by atoms with Gasteiger partial charge in [-0.2, -0.15) is 0 Å². The molecule has 0 saturated heterocycles. The molecular weight excluding hydrogens is 194 g/mol. The van der Waals surface area contributed by atoms with Crippen molar-refractivity contribution in [1.82, 2.24) is 0 Å². The fraction of sp³-hybridized carbons (Fsp3) is 0.200. The lowest BCUT2D eigenvalue weighted by atomic mass is 10.2. The molecule has 5 nitrogen and oxygen atoms in total. The number of fused-ring (bicyclic) bond motifs is 1. The average molecular weight is 203 g/mol. The van der Waals surface area contributed by atoms with Crippen molar-refractivity contribution >= 4 is 11.0 Å². The highest BCUT2D eigenvalue weighted by molar-refractivity contribution is 5.86. The SMILES string of the molecule is COc1cccc2c(CN=[N+]=[N-])coc12. The summed E-state index contributed by atoms with van der Waals surface area (Å²) in [6, 6.07) is 5.60. The van der Waals surface area contributed by atoms with Crippen molar-refractivity contribution < 1.29 is 9.15 Å². The molecule has 0 radical (unpaired) electrons. The number of ether oxygens (including phenoxy) is 1. The average Bonchev–Trinajstić information content (AvgIpc) is 2.69. The Morgan fingerprint density at radius 2 is 2.40 bits per heavy atom. The number of hydrogen-bond donors (Lipinski definition) is 0. The van der Waals surface area contributed by atoms with Gasteiger partial charge < -0.3 is 9.15 Å². The first-order chi connectivity index (χ1) is 7.36. The molecule has 0 atom stereocenters. The maximum absolute atomic E-state index is 8.24. The van der Waals surface area contributed by atoms with E-state index in [1.807, 2.05) is 18.2 Å². The van der Waals surface area contributed by atoms with Gasteiger partial charge in [-0.3, -0.25) is 0 Å². The Bertz CT molecular complexity index is 526. The van der Waals surface area contributed by atoms with Crippen LogP contribution in [-0.4, -0.2) is 7.11 Å². The van der Waals surface area contributed by atoms with Gasteiger partial charge in [0.25, 0.3) is 0 Å². The van der Waals surface area contributed by atoms with Crippen LogP contribution in [0.5, 0.6) is 5.75 Å². The van der Waals surface area contributed by atoms with Crippen LogP contribution in [0.4, 0.5) is 0 Å². The van der Waals surface area contributed by atoms with Crippen molar-refractivity contribution in [2.75, 3.05) is 7.11 Å². The van der Waals surface area contributed by atoms with Crippen molar-refractivity contribution in [1.29, 1.82) is 0 Å². The largest absolute Gasteiger partial charge is 0.493 e. The molecule has 0 bridgehead atoms. The highest BCUT2D eigenvalue weighted by Crippen LogP contribution is 2.29. The zero-order valence-electron chi connectivity index (χ0n) is 8.17. The van der Waals surface area contributed by atoms with E-state index in [4.69, 9.17) is 14.7 Å². The molecule has 0 saturated carbocycles. The molecule has 2 rings (SSSR count). The molecule has 0 fully saturated rings. The first kappa shape index (κ1) is 9.43. The molecule has 0 N–H and O–H groups in total. The van der Waals surface area contributed by atoms with Gasteiger partial charge in [0.2, 0.25) is 0 Å². The number of azide groups is 1. The minimum absolute atomic E-state index is 0.288. The molecule has 76 valence electrons. The highest BCUT2D eigenvalue weighted by atomic mass is 16.5. The van der Waals surface area contributed by atoms with Crippen LogP contribution in [0.3, 0.4) is 0 Å². The molecule has 0 amide bonds. The standard InChI is InChI=1S/C10H9N3O2/c1-14-9-4-2-3-8-7(5-12-13-11)6-15-10(8)9/h2-4,6H,5H2,1H3. The molecule has 0 aliphatic carbocycles. The summed E-state index contributed by atoms with van der Waals surface area (Å²) in [6.45, 7) is 0.288. The Kier molecular flexibility index (Phi) is 2.48. The number of furan rings is 1. The van der Waals surface area contributed by atoms with Gasteiger partial charge in [0.15, 0.2) is 11.3 Å². The summed E-state index contributed by atoms with van der Waals surface area (Å²) >= 11 is 0. The van der Waals surface area contributed by atoms with E-state index in [9.17, 15) is 0 Å². The van der Waals surface area contributed by atoms with Crippen molar-refractivity contribution in [2.45, 2.75) is 6.54 Å². The Hall–Kier alpha value is -2.13. The van der Waals surface area contributed by atoms with Crippen LogP contribution in [0.15, 0.2) is 34.0 Å². The zero-order chi connectivity index (χ0) is 10.7. The van der Waals surface area contributed by atoms with Crippen LogP contribution >= 0.6 is 0 Å². The number of benzene rings is 1. The molecule has 0 spiro atoms. The fourth-order valence-electron chi connectivity index (χ4n) is 1.47. The Balaban J connectivity index is 2.55. The summed E-state index contributed by atoms with van der Waals surface area (Å²) in [6.07, 6.45) is 1.59. The molecule has 2 aromatic rings. The van der Waals surface area contributed by atoms with Crippen LogP contribution in [0.1, 0.15) is 5.56 Å². The number of rotatable bonds is 3. The second-order valence-corrected chi connectivity index (χ2v) is 2.99. The van der Waals surface area contributed by atoms with E-state index in [0.29, 0.717) is 11.3 Å². The topological polar surface area (TPSA) is 71.1 Å². The summed E-state index contributed by atoms with van der Waals surface area (Å²) in [7, 11) is 1.59. The molecule has 1 heterocycles. The van der Waals surface area contributed by atoms with E-state index in [2.05, 4.69) is 10.0 Å². The summed E-state index contributed by atoms with van der Waals surface area (Å²) in [5.41, 5.74) is 9.79. The smallest absolute Gasteiger partial charge is 0.175 e. The van der Waals surface area contributed by atoms with Gasteiger partial charge in [0.05, 0.1) is 19.9 Å². The third kappa shape index (κ3) is 1.60. The maximum Gasteiger partial charge on any atom is 0.175 e. The number of hydrogen-bond acceptors (Lipinski definition) is 3. The van der Waals surface area contributed by atoms with Crippen molar-refractivity contribution in [3.8, 4) is 5.75 Å². The van der Waals surface area contributed by atoms with Gasteiger partial charge in [-0.1, -0.05) is 17.2 Å². The third-order valence-electron chi connectivity index (χ3n) is 2.17. The van der Waals surface area contributed by atoms with Gasteiger partial charge in [0, 0.05) is 15.9 Å². The second kappa shape index (κ2) is 3.94. The second-order valence-electron chi connectivity index (χ2n) is 2.99. The lowest BCUT2D eigenvalue weighted by molar-refractivity contribution is 0.410. The first-order valence-corrected chi connectivity index (χ1v) is 4.40. The van der Waals surface area contributed by atoms with Crippen LogP contribution < -0.4 is 4.74 Å². The molecule has 5 heteroatoms. The van der Waals surface area contributed by atoms with Gasteiger partial charge in [0.1, 0.15) is 0 Å². The monoisotopic (exact) mass is 203 g/mol. The lowest BCUT2D eigenvalue weighted by Gasteiger charge is -1.99. The van der Waals surface area contributed by atoms with E-state index in [1.165, 1.54) is 0 Å². The van der Waals surface area contributed by atoms with Crippen molar-refractivity contribution in [3.63, 3.8) is 0 Å². The minimum Gasteiger partial charge on any atom is -0.493 e. The lowest BCUT2D eigenvalue weighted by Crippen LogP contribution is -1.82. The third-order valence-corrected chi connectivity index (χ3v) is 2.17. The predicted octanol–water partition coefficient (Wildman–Crippen LogP) is 3.25. The van der Waals surface area contributed by atoms with Crippen LogP contribution in [0.25, 0.3) is 21.4 Å². The van der Waals surface area contributed by atoms with Gasteiger partial charge >= 0.3 is 0 Å². The molecular formula is C10H9N3O2. The molecule has 1 aromatic carbocycles. The number of methoxy groups -OCH3 is 1. The Morgan fingerprint density at radius 1 is 1.53 bits per heavy atom. The van der Waals surface area contributed by atoms with E-state index < -0.39 is 0 Å². The van der Waals surface area contributed by atoms with E-state index >= 15 is 0 Å². The quantitative estimate of drug-likeness (QED) is 0.436. The molecule has 1 aromatic heterocycles. The van der Waals surface area contributed by atoms with Crippen LogP contribution in [0.2, 0.25) is 0 Å². The Morgan fingerprint density at radius 3 is 3.13 bits per heavy atom. The van der Waals surface area contributed by atoms with E-state index in [-0.39, 0.29) is 6.54 Å². The zero-order valence-corrected chi connectivity index (χ0v) is 8.17. The fourth-order valence-corrected chi connectivity index (χ4v) is 1.47. The molecule has 0 aliphatic heterocycles. The molecule has 0 aliphatic rings. The number of nitrogens with zero attached hydrogens (tertiary/aromatic N) is 3. The Labute approximate surface area is 85.9 Å². The normalized spacial score (nSPS) is 9.93. The summed E-state index contributed by atoms with van der Waals surface area (Å²) in [5, 5.41) is 4.42. The number of para-hydroxylation sites is 1. The predicted molar refractivity (Wildman–Crippen MR) is 55.6 cm³/mol. The van der Waals surface area contributed by atoms with Crippen molar-refractivity contribution in [3.05, 3.63) is 40.5 Å². The summed E-state index contributed by atoms with van der Waals surface area (Å²) in [5.74, 6) is 0.680. The van der Waals surface area contributed by atoms with Gasteiger partial charge in [-0.15, -0.1) is 0 Å². The van der Waals surface area contributed by atoms with Gasteiger partial charge in [-0.25, -0.2) is 0 Å². The van der Waals surface area contributed by atoms with Crippen LogP contribution in [-0.2, 0) is 6.54 Å². The minimum atomic E-state index is 0.288. The summed E-state index contributed by atoms with van der Waals surface area (Å²) in [4.78, 5) is 2.71.